The highest BCUT2D eigenvalue weighted by Crippen LogP contribution is 2.25. The molecule has 1 aromatic rings. The van der Waals surface area contributed by atoms with Crippen LogP contribution >= 0.6 is 0 Å². The van der Waals surface area contributed by atoms with E-state index in [1.165, 1.54) is 18.2 Å². The molecule has 1 unspecified atom stereocenters. The van der Waals surface area contributed by atoms with E-state index in [9.17, 15) is 19.8 Å². The first-order chi connectivity index (χ1) is 10.0. The van der Waals surface area contributed by atoms with Crippen LogP contribution < -0.4 is 0 Å². The Morgan fingerprint density at radius 3 is 2.86 bits per heavy atom. The smallest absolute Gasteiger partial charge is 0.222 e. The Morgan fingerprint density at radius 1 is 1.29 bits per heavy atom. The van der Waals surface area contributed by atoms with Gasteiger partial charge in [0.05, 0.1) is 12.1 Å². The summed E-state index contributed by atoms with van der Waals surface area (Å²) in [5, 5.41) is 19.0. The molecular formula is C15H18N2O4. The minimum atomic E-state index is -0.199. The summed E-state index contributed by atoms with van der Waals surface area (Å²) >= 11 is 0. The first kappa shape index (κ1) is 13.9. The van der Waals surface area contributed by atoms with Crippen LogP contribution in [0, 0.1) is 0 Å². The number of benzene rings is 1. The molecule has 3 rings (SSSR count). The molecule has 112 valence electrons. The van der Waals surface area contributed by atoms with Crippen LogP contribution in [0.25, 0.3) is 0 Å². The van der Waals surface area contributed by atoms with Crippen molar-refractivity contribution in [2.24, 2.45) is 0 Å². The number of fused-ring (bicyclic) bond motifs is 1. The minimum absolute atomic E-state index is 0.0675. The molecule has 2 aliphatic rings. The van der Waals surface area contributed by atoms with E-state index in [0.29, 0.717) is 26.1 Å². The molecule has 0 saturated carbocycles. The molecule has 2 saturated heterocycles. The van der Waals surface area contributed by atoms with E-state index in [2.05, 4.69) is 0 Å². The molecule has 0 aromatic heterocycles. The van der Waals surface area contributed by atoms with Gasteiger partial charge in [0.25, 0.3) is 0 Å². The number of hydrogen-bond donors (Lipinski definition) is 2. The molecule has 2 N–H and O–H groups in total. The highest BCUT2D eigenvalue weighted by Gasteiger charge is 2.35. The number of rotatable bonds is 3. The Bertz CT molecular complexity index is 587. The van der Waals surface area contributed by atoms with Crippen LogP contribution in [0.5, 0.6) is 11.5 Å². The number of Topliss-reactive ketones (excluding diaryl/α,β-unsaturated/α-hetero) is 1. The largest absolute Gasteiger partial charge is 0.508 e. The minimum Gasteiger partial charge on any atom is -0.508 e. The number of phenolic OH excluding ortho intramolecular Hbond substituents is 2. The van der Waals surface area contributed by atoms with Crippen molar-refractivity contribution in [3.8, 4) is 11.5 Å². The molecule has 2 aliphatic heterocycles. The van der Waals surface area contributed by atoms with Crippen molar-refractivity contribution in [1.29, 1.82) is 0 Å². The summed E-state index contributed by atoms with van der Waals surface area (Å²) in [6, 6.07) is 4.21. The van der Waals surface area contributed by atoms with Gasteiger partial charge in [-0.2, -0.15) is 0 Å². The number of carbonyl (C=O) groups excluding carboxylic acids is 2. The highest BCUT2D eigenvalue weighted by atomic mass is 16.3. The molecule has 6 heteroatoms. The number of nitrogens with zero attached hydrogens (tertiary/aromatic N) is 2. The lowest BCUT2D eigenvalue weighted by Crippen LogP contribution is -2.52. The fraction of sp³-hybridized carbons (Fsp3) is 0.467. The van der Waals surface area contributed by atoms with Gasteiger partial charge < -0.3 is 15.1 Å². The summed E-state index contributed by atoms with van der Waals surface area (Å²) in [4.78, 5) is 27.8. The van der Waals surface area contributed by atoms with E-state index in [-0.39, 0.29) is 41.3 Å². The summed E-state index contributed by atoms with van der Waals surface area (Å²) in [5.41, 5.74) is 0.220. The topological polar surface area (TPSA) is 81.1 Å². The van der Waals surface area contributed by atoms with E-state index in [4.69, 9.17) is 0 Å². The predicted octanol–water partition coefficient (Wildman–Crippen LogP) is 0.587. The zero-order chi connectivity index (χ0) is 15.0. The van der Waals surface area contributed by atoms with Crippen molar-refractivity contribution < 1.29 is 19.8 Å². The molecule has 2 heterocycles. The Hall–Kier alpha value is -2.08. The Labute approximate surface area is 122 Å². The second-order valence-electron chi connectivity index (χ2n) is 5.64. The average molecular weight is 290 g/mol. The molecule has 0 spiro atoms. The van der Waals surface area contributed by atoms with Crippen molar-refractivity contribution in [1.82, 2.24) is 9.80 Å². The number of phenols is 2. The number of amides is 1. The normalized spacial score (nSPS) is 22.4. The lowest BCUT2D eigenvalue weighted by Gasteiger charge is -2.37. The van der Waals surface area contributed by atoms with Crippen LogP contribution in [-0.2, 0) is 4.79 Å². The molecule has 1 aromatic carbocycles. The molecule has 1 amide bonds. The molecule has 6 nitrogen and oxygen atoms in total. The van der Waals surface area contributed by atoms with Gasteiger partial charge in [-0.15, -0.1) is 0 Å². The van der Waals surface area contributed by atoms with Crippen LogP contribution in [-0.4, -0.2) is 63.9 Å². The summed E-state index contributed by atoms with van der Waals surface area (Å²) in [6.07, 6.45) is 1.46. The fourth-order valence-corrected chi connectivity index (χ4v) is 3.12. The van der Waals surface area contributed by atoms with Gasteiger partial charge in [0.15, 0.2) is 5.78 Å². The van der Waals surface area contributed by atoms with Crippen LogP contribution in [0.2, 0.25) is 0 Å². The molecule has 0 aliphatic carbocycles. The fourth-order valence-electron chi connectivity index (χ4n) is 3.12. The van der Waals surface area contributed by atoms with E-state index in [1.807, 2.05) is 9.80 Å². The van der Waals surface area contributed by atoms with Crippen LogP contribution in [0.4, 0.5) is 0 Å². The maximum absolute atomic E-state index is 12.2. The van der Waals surface area contributed by atoms with Crippen molar-refractivity contribution in [2.45, 2.75) is 18.9 Å². The summed E-state index contributed by atoms with van der Waals surface area (Å²) in [5.74, 6) is -0.232. The second kappa shape index (κ2) is 5.37. The summed E-state index contributed by atoms with van der Waals surface area (Å²) < 4.78 is 0. The lowest BCUT2D eigenvalue weighted by atomic mass is 10.1. The predicted molar refractivity (Wildman–Crippen MR) is 75.3 cm³/mol. The van der Waals surface area contributed by atoms with Gasteiger partial charge in [-0.05, 0) is 18.6 Å². The standard InChI is InChI=1S/C15H18N2O4/c18-11-2-3-12(13(19)7-11)14(20)9-16-5-6-17-10(8-16)1-4-15(17)21/h2-3,7,10,18-19H,1,4-6,8-9H2. The van der Waals surface area contributed by atoms with Crippen molar-refractivity contribution >= 4 is 11.7 Å². The highest BCUT2D eigenvalue weighted by molar-refractivity contribution is 6.00. The summed E-state index contributed by atoms with van der Waals surface area (Å²) in [6.45, 7) is 2.26. The van der Waals surface area contributed by atoms with E-state index in [0.717, 1.165) is 6.42 Å². The van der Waals surface area contributed by atoms with E-state index < -0.39 is 0 Å². The molecule has 0 radical (unpaired) electrons. The Balaban J connectivity index is 1.64. The maximum Gasteiger partial charge on any atom is 0.222 e. The number of ketones is 1. The van der Waals surface area contributed by atoms with Gasteiger partial charge in [0.1, 0.15) is 11.5 Å². The monoisotopic (exact) mass is 290 g/mol. The molecule has 1 atom stereocenters. The van der Waals surface area contributed by atoms with E-state index in [1.54, 1.807) is 0 Å². The number of carbonyl (C=O) groups is 2. The average Bonchev–Trinajstić information content (AvgIpc) is 2.80. The van der Waals surface area contributed by atoms with Gasteiger partial charge in [-0.1, -0.05) is 0 Å². The third kappa shape index (κ3) is 2.71. The van der Waals surface area contributed by atoms with Gasteiger partial charge in [0.2, 0.25) is 5.91 Å². The molecule has 2 fully saturated rings. The quantitative estimate of drug-likeness (QED) is 0.796. The molecule has 0 bridgehead atoms. The maximum atomic E-state index is 12.2. The first-order valence-electron chi connectivity index (χ1n) is 7.11. The van der Waals surface area contributed by atoms with Gasteiger partial charge in [-0.3, -0.25) is 14.5 Å². The third-order valence-electron chi connectivity index (χ3n) is 4.23. The van der Waals surface area contributed by atoms with Crippen molar-refractivity contribution in [3.63, 3.8) is 0 Å². The molecule has 21 heavy (non-hydrogen) atoms. The zero-order valence-electron chi connectivity index (χ0n) is 11.7. The third-order valence-corrected chi connectivity index (χ3v) is 4.23. The van der Waals surface area contributed by atoms with Crippen LogP contribution in [0.3, 0.4) is 0 Å². The SMILES string of the molecule is O=C(CN1CCN2C(=O)CCC2C1)c1ccc(O)cc1O. The van der Waals surface area contributed by atoms with Gasteiger partial charge in [-0.25, -0.2) is 0 Å². The van der Waals surface area contributed by atoms with Crippen molar-refractivity contribution in [3.05, 3.63) is 23.8 Å². The first-order valence-corrected chi connectivity index (χ1v) is 7.11. The molecular weight excluding hydrogens is 272 g/mol. The van der Waals surface area contributed by atoms with Crippen molar-refractivity contribution in [2.75, 3.05) is 26.2 Å². The Morgan fingerprint density at radius 2 is 2.10 bits per heavy atom. The van der Waals surface area contributed by atoms with E-state index >= 15 is 0 Å². The van der Waals surface area contributed by atoms with Crippen LogP contribution in [0.1, 0.15) is 23.2 Å². The van der Waals surface area contributed by atoms with Gasteiger partial charge in [0, 0.05) is 38.2 Å². The Kier molecular flexibility index (Phi) is 3.55. The second-order valence-corrected chi connectivity index (χ2v) is 5.64. The number of aromatic hydroxyl groups is 2. The van der Waals surface area contributed by atoms with Gasteiger partial charge >= 0.3 is 0 Å². The number of piperazine rings is 1. The van der Waals surface area contributed by atoms with Crippen LogP contribution in [0.15, 0.2) is 18.2 Å². The lowest BCUT2D eigenvalue weighted by molar-refractivity contribution is -0.130. The zero-order valence-corrected chi connectivity index (χ0v) is 11.7. The number of hydrogen-bond acceptors (Lipinski definition) is 5. The summed E-state index contributed by atoms with van der Waals surface area (Å²) in [7, 11) is 0.